The van der Waals surface area contributed by atoms with Crippen molar-refractivity contribution in [3.8, 4) is 0 Å². The van der Waals surface area contributed by atoms with Crippen LogP contribution in [0.5, 0.6) is 0 Å². The van der Waals surface area contributed by atoms with Gasteiger partial charge >= 0.3 is 5.97 Å². The monoisotopic (exact) mass is 428 g/mol. The summed E-state index contributed by atoms with van der Waals surface area (Å²) in [7, 11) is 0. The van der Waals surface area contributed by atoms with Gasteiger partial charge in [0, 0.05) is 16.5 Å². The average molecular weight is 428 g/mol. The first-order valence-corrected chi connectivity index (χ1v) is 10.4. The maximum absolute atomic E-state index is 12.8. The molecule has 0 aliphatic carbocycles. The molecule has 0 aliphatic heterocycles. The summed E-state index contributed by atoms with van der Waals surface area (Å²) in [5, 5.41) is 3.86. The van der Waals surface area contributed by atoms with E-state index in [9.17, 15) is 14.4 Å². The molecule has 0 fully saturated rings. The van der Waals surface area contributed by atoms with Crippen LogP contribution in [-0.2, 0) is 20.9 Å². The van der Waals surface area contributed by atoms with Gasteiger partial charge in [-0.05, 0) is 56.7 Å². The molecule has 1 N–H and O–H groups in total. The molecule has 0 radical (unpaired) electrons. The zero-order valence-electron chi connectivity index (χ0n) is 18.2. The molecule has 3 aromatic carbocycles. The van der Waals surface area contributed by atoms with Gasteiger partial charge in [0.2, 0.25) is 0 Å². The lowest BCUT2D eigenvalue weighted by Crippen LogP contribution is -2.31. The highest BCUT2D eigenvalue weighted by molar-refractivity contribution is 5.97. The lowest BCUT2D eigenvalue weighted by atomic mass is 10.1. The summed E-state index contributed by atoms with van der Waals surface area (Å²) < 4.78 is 7.18. The number of esters is 1. The molecule has 0 aliphatic rings. The second kappa shape index (κ2) is 8.67. The van der Waals surface area contributed by atoms with E-state index in [0.29, 0.717) is 27.5 Å². The SMILES string of the molecule is Cc1ccc(NC(=O)C(C)OC(=O)Cn2c3ccccc3c(=O)c3ccccc32)c(C)c1. The Morgan fingerprint density at radius 1 is 0.938 bits per heavy atom. The largest absolute Gasteiger partial charge is 0.451 e. The van der Waals surface area contributed by atoms with Crippen LogP contribution in [0.25, 0.3) is 21.8 Å². The molecule has 1 heterocycles. The van der Waals surface area contributed by atoms with Crippen LogP contribution in [0.15, 0.2) is 71.5 Å². The predicted octanol–water partition coefficient (Wildman–Crippen LogP) is 4.34. The fourth-order valence-corrected chi connectivity index (χ4v) is 3.85. The Morgan fingerprint density at radius 3 is 2.12 bits per heavy atom. The molecular formula is C26H24N2O4. The van der Waals surface area contributed by atoms with E-state index < -0.39 is 18.0 Å². The Bertz CT molecular complexity index is 1340. The highest BCUT2D eigenvalue weighted by Gasteiger charge is 2.20. The summed E-state index contributed by atoms with van der Waals surface area (Å²) in [6.45, 7) is 5.31. The zero-order valence-corrected chi connectivity index (χ0v) is 18.2. The van der Waals surface area contributed by atoms with E-state index in [1.807, 2.05) is 44.2 Å². The molecule has 1 atom stereocenters. The number of benzene rings is 3. The maximum Gasteiger partial charge on any atom is 0.326 e. The van der Waals surface area contributed by atoms with Crippen molar-refractivity contribution in [3.05, 3.63) is 88.1 Å². The molecule has 1 unspecified atom stereocenters. The molecule has 162 valence electrons. The van der Waals surface area contributed by atoms with Crippen molar-refractivity contribution in [2.24, 2.45) is 0 Å². The van der Waals surface area contributed by atoms with Crippen LogP contribution in [0.2, 0.25) is 0 Å². The molecule has 0 saturated carbocycles. The van der Waals surface area contributed by atoms with Gasteiger partial charge in [-0.3, -0.25) is 14.4 Å². The summed E-state index contributed by atoms with van der Waals surface area (Å²) in [5.74, 6) is -0.966. The van der Waals surface area contributed by atoms with Crippen LogP contribution in [0.3, 0.4) is 0 Å². The third-order valence-corrected chi connectivity index (χ3v) is 5.48. The lowest BCUT2D eigenvalue weighted by molar-refractivity contribution is -0.153. The Labute approximate surface area is 185 Å². The minimum Gasteiger partial charge on any atom is -0.451 e. The van der Waals surface area contributed by atoms with E-state index in [1.54, 1.807) is 47.9 Å². The number of carbonyl (C=O) groups is 2. The number of rotatable bonds is 5. The van der Waals surface area contributed by atoms with Gasteiger partial charge in [0.05, 0.1) is 11.0 Å². The van der Waals surface area contributed by atoms with Crippen molar-refractivity contribution in [2.75, 3.05) is 5.32 Å². The molecule has 4 rings (SSSR count). The molecule has 32 heavy (non-hydrogen) atoms. The topological polar surface area (TPSA) is 77.4 Å². The molecule has 1 amide bonds. The molecule has 6 nitrogen and oxygen atoms in total. The lowest BCUT2D eigenvalue weighted by Gasteiger charge is -2.17. The molecule has 0 spiro atoms. The molecule has 4 aromatic rings. The Balaban J connectivity index is 1.57. The van der Waals surface area contributed by atoms with Crippen molar-refractivity contribution in [3.63, 3.8) is 0 Å². The number of hydrogen-bond acceptors (Lipinski definition) is 4. The van der Waals surface area contributed by atoms with E-state index in [-0.39, 0.29) is 12.0 Å². The predicted molar refractivity (Wildman–Crippen MR) is 126 cm³/mol. The van der Waals surface area contributed by atoms with Crippen molar-refractivity contribution in [2.45, 2.75) is 33.4 Å². The van der Waals surface area contributed by atoms with Crippen molar-refractivity contribution < 1.29 is 14.3 Å². The van der Waals surface area contributed by atoms with Gasteiger partial charge in [0.15, 0.2) is 11.5 Å². The van der Waals surface area contributed by atoms with Crippen LogP contribution in [-0.4, -0.2) is 22.5 Å². The number of amides is 1. The van der Waals surface area contributed by atoms with E-state index in [4.69, 9.17) is 4.74 Å². The first-order valence-electron chi connectivity index (χ1n) is 10.4. The van der Waals surface area contributed by atoms with Gasteiger partial charge in [0.25, 0.3) is 5.91 Å². The minimum absolute atomic E-state index is 0.0815. The van der Waals surface area contributed by atoms with Gasteiger partial charge in [-0.25, -0.2) is 0 Å². The zero-order chi connectivity index (χ0) is 22.8. The number of hydrogen-bond donors (Lipinski definition) is 1. The van der Waals surface area contributed by atoms with Gasteiger partial charge in [-0.2, -0.15) is 0 Å². The van der Waals surface area contributed by atoms with E-state index >= 15 is 0 Å². The number of fused-ring (bicyclic) bond motifs is 2. The number of aromatic nitrogens is 1. The van der Waals surface area contributed by atoms with Crippen LogP contribution >= 0.6 is 0 Å². The minimum atomic E-state index is -0.972. The first kappa shape index (κ1) is 21.3. The maximum atomic E-state index is 12.8. The summed E-state index contributed by atoms with van der Waals surface area (Å²) >= 11 is 0. The number of carbonyl (C=O) groups excluding carboxylic acids is 2. The third kappa shape index (κ3) is 4.12. The van der Waals surface area contributed by atoms with Crippen LogP contribution < -0.4 is 10.7 Å². The number of nitrogens with zero attached hydrogens (tertiary/aromatic N) is 1. The third-order valence-electron chi connectivity index (χ3n) is 5.48. The van der Waals surface area contributed by atoms with E-state index in [1.165, 1.54) is 0 Å². The first-order chi connectivity index (χ1) is 15.3. The van der Waals surface area contributed by atoms with Crippen LogP contribution in [0.4, 0.5) is 5.69 Å². The number of para-hydroxylation sites is 2. The Hall–Kier alpha value is -3.93. The van der Waals surface area contributed by atoms with E-state index in [0.717, 1.165) is 11.1 Å². The highest BCUT2D eigenvalue weighted by Crippen LogP contribution is 2.20. The summed E-state index contributed by atoms with van der Waals surface area (Å²) in [6.07, 6.45) is -0.972. The molecule has 0 bridgehead atoms. The van der Waals surface area contributed by atoms with Gasteiger partial charge in [0.1, 0.15) is 6.54 Å². The Morgan fingerprint density at radius 2 is 1.53 bits per heavy atom. The van der Waals surface area contributed by atoms with Crippen molar-refractivity contribution in [1.29, 1.82) is 0 Å². The van der Waals surface area contributed by atoms with Crippen LogP contribution in [0.1, 0.15) is 18.1 Å². The fraction of sp³-hybridized carbons (Fsp3) is 0.192. The second-order valence-corrected chi connectivity index (χ2v) is 7.89. The normalized spacial score (nSPS) is 12.0. The van der Waals surface area contributed by atoms with Gasteiger partial charge in [-0.1, -0.05) is 42.0 Å². The molecular weight excluding hydrogens is 404 g/mol. The summed E-state index contributed by atoms with van der Waals surface area (Å²) in [4.78, 5) is 38.2. The summed E-state index contributed by atoms with van der Waals surface area (Å²) in [6, 6.07) is 20.0. The number of pyridine rings is 1. The second-order valence-electron chi connectivity index (χ2n) is 7.89. The number of anilines is 1. The van der Waals surface area contributed by atoms with Gasteiger partial charge in [-0.15, -0.1) is 0 Å². The number of nitrogens with one attached hydrogen (secondary N) is 1. The molecule has 1 aromatic heterocycles. The van der Waals surface area contributed by atoms with Gasteiger partial charge < -0.3 is 14.6 Å². The van der Waals surface area contributed by atoms with Crippen molar-refractivity contribution >= 4 is 39.4 Å². The Kier molecular flexibility index (Phi) is 5.77. The standard InChI is InChI=1S/C26H24N2O4/c1-16-12-13-21(17(2)14-16)27-26(31)18(3)32-24(29)15-28-22-10-6-4-8-19(22)25(30)20-9-5-7-11-23(20)28/h4-14,18H,15H2,1-3H3,(H,27,31). The molecule has 0 saturated heterocycles. The quantitative estimate of drug-likeness (QED) is 0.379. The smallest absolute Gasteiger partial charge is 0.326 e. The molecule has 6 heteroatoms. The average Bonchev–Trinajstić information content (AvgIpc) is 2.78. The van der Waals surface area contributed by atoms with Crippen LogP contribution in [0, 0.1) is 13.8 Å². The van der Waals surface area contributed by atoms with E-state index in [2.05, 4.69) is 5.32 Å². The number of aryl methyl sites for hydroxylation is 2. The summed E-state index contributed by atoms with van der Waals surface area (Å²) in [5.41, 5.74) is 3.91. The van der Waals surface area contributed by atoms with Crippen molar-refractivity contribution in [1.82, 2.24) is 4.57 Å². The fourth-order valence-electron chi connectivity index (χ4n) is 3.85. The highest BCUT2D eigenvalue weighted by atomic mass is 16.5. The number of ether oxygens (including phenoxy) is 1.